The second-order valence-corrected chi connectivity index (χ2v) is 6.34. The van der Waals surface area contributed by atoms with Gasteiger partial charge in [0, 0.05) is 36.4 Å². The highest BCUT2D eigenvalue weighted by molar-refractivity contribution is 7.11. The van der Waals surface area contributed by atoms with E-state index in [0.717, 1.165) is 4.88 Å². The molecule has 1 aromatic heterocycles. The van der Waals surface area contributed by atoms with Crippen LogP contribution in [0.25, 0.3) is 0 Å². The summed E-state index contributed by atoms with van der Waals surface area (Å²) in [5.74, 6) is -0.237. The summed E-state index contributed by atoms with van der Waals surface area (Å²) in [6, 6.07) is 4.06. The highest BCUT2D eigenvalue weighted by atomic mass is 32.1. The van der Waals surface area contributed by atoms with Gasteiger partial charge in [-0.25, -0.2) is 0 Å². The number of nitrogens with one attached hydrogen (secondary N) is 1. The number of hydrogen-bond donors (Lipinski definition) is 1. The molecule has 20 heavy (non-hydrogen) atoms. The molecule has 0 unspecified atom stereocenters. The van der Waals surface area contributed by atoms with E-state index >= 15 is 0 Å². The van der Waals surface area contributed by atoms with Crippen LogP contribution in [-0.4, -0.2) is 43.5 Å². The molecular weight excluding hydrogens is 276 g/mol. The third-order valence-corrected chi connectivity index (χ3v) is 4.38. The van der Waals surface area contributed by atoms with Crippen LogP contribution in [0.1, 0.15) is 16.2 Å². The SMILES string of the molecule is COCCN1C[C@H](C(=O)NCc2ccc(C)s2)CC1=O. The number of thiophene rings is 1. The van der Waals surface area contributed by atoms with Gasteiger partial charge in [0.25, 0.3) is 0 Å². The molecule has 0 aliphatic carbocycles. The zero-order chi connectivity index (χ0) is 14.5. The van der Waals surface area contributed by atoms with E-state index in [9.17, 15) is 9.59 Å². The Morgan fingerprint density at radius 1 is 1.55 bits per heavy atom. The Hall–Kier alpha value is -1.40. The van der Waals surface area contributed by atoms with Crippen LogP contribution < -0.4 is 5.32 Å². The number of hydrogen-bond acceptors (Lipinski definition) is 4. The quantitative estimate of drug-likeness (QED) is 0.857. The van der Waals surface area contributed by atoms with E-state index in [1.54, 1.807) is 23.3 Å². The van der Waals surface area contributed by atoms with E-state index in [4.69, 9.17) is 4.74 Å². The first-order valence-corrected chi connectivity index (χ1v) is 7.51. The zero-order valence-corrected chi connectivity index (χ0v) is 12.7. The van der Waals surface area contributed by atoms with E-state index in [1.807, 2.05) is 19.1 Å². The van der Waals surface area contributed by atoms with Gasteiger partial charge in [-0.15, -0.1) is 11.3 Å². The minimum atomic E-state index is -0.236. The van der Waals surface area contributed by atoms with Crippen LogP contribution in [0.15, 0.2) is 12.1 Å². The van der Waals surface area contributed by atoms with Crippen molar-refractivity contribution in [3.05, 3.63) is 21.9 Å². The summed E-state index contributed by atoms with van der Waals surface area (Å²) in [5, 5.41) is 2.91. The summed E-state index contributed by atoms with van der Waals surface area (Å²) >= 11 is 1.68. The molecule has 1 saturated heterocycles. The van der Waals surface area contributed by atoms with Crippen molar-refractivity contribution >= 4 is 23.2 Å². The van der Waals surface area contributed by atoms with Crippen LogP contribution in [0.5, 0.6) is 0 Å². The third kappa shape index (κ3) is 3.80. The fourth-order valence-electron chi connectivity index (χ4n) is 2.26. The highest BCUT2D eigenvalue weighted by Gasteiger charge is 2.33. The van der Waals surface area contributed by atoms with E-state index in [2.05, 4.69) is 5.32 Å². The molecule has 0 aromatic carbocycles. The predicted octanol–water partition coefficient (Wildman–Crippen LogP) is 1.17. The number of rotatable bonds is 6. The molecule has 6 heteroatoms. The lowest BCUT2D eigenvalue weighted by molar-refractivity contribution is -0.129. The van der Waals surface area contributed by atoms with Gasteiger partial charge in [-0.1, -0.05) is 0 Å². The molecule has 0 saturated carbocycles. The van der Waals surface area contributed by atoms with Gasteiger partial charge in [0.05, 0.1) is 19.1 Å². The first-order chi connectivity index (χ1) is 9.60. The van der Waals surface area contributed by atoms with Gasteiger partial charge in [0.15, 0.2) is 0 Å². The summed E-state index contributed by atoms with van der Waals surface area (Å²) < 4.78 is 4.96. The second kappa shape index (κ2) is 6.85. The zero-order valence-electron chi connectivity index (χ0n) is 11.8. The molecule has 2 amide bonds. The lowest BCUT2D eigenvalue weighted by Gasteiger charge is -2.15. The maximum absolute atomic E-state index is 12.1. The molecular formula is C14H20N2O3S. The Morgan fingerprint density at radius 3 is 3.00 bits per heavy atom. The van der Waals surface area contributed by atoms with Crippen molar-refractivity contribution in [3.63, 3.8) is 0 Å². The van der Waals surface area contributed by atoms with E-state index in [-0.39, 0.29) is 17.7 Å². The van der Waals surface area contributed by atoms with Gasteiger partial charge in [-0.3, -0.25) is 9.59 Å². The van der Waals surface area contributed by atoms with E-state index < -0.39 is 0 Å². The molecule has 1 aliphatic rings. The maximum Gasteiger partial charge on any atom is 0.225 e. The molecule has 5 nitrogen and oxygen atoms in total. The number of ether oxygens (including phenoxy) is 1. The first-order valence-electron chi connectivity index (χ1n) is 6.70. The number of carbonyl (C=O) groups excluding carboxylic acids is 2. The first kappa shape index (κ1) is 15.0. The normalized spacial score (nSPS) is 18.6. The maximum atomic E-state index is 12.1. The van der Waals surface area contributed by atoms with Crippen molar-refractivity contribution in [2.45, 2.75) is 19.9 Å². The van der Waals surface area contributed by atoms with Gasteiger partial charge < -0.3 is 15.0 Å². The fourth-order valence-corrected chi connectivity index (χ4v) is 3.09. The van der Waals surface area contributed by atoms with Crippen molar-refractivity contribution in [1.82, 2.24) is 10.2 Å². The number of nitrogens with zero attached hydrogens (tertiary/aromatic N) is 1. The minimum absolute atomic E-state index is 0.0363. The average molecular weight is 296 g/mol. The largest absolute Gasteiger partial charge is 0.383 e. The van der Waals surface area contributed by atoms with E-state index in [1.165, 1.54) is 4.88 Å². The summed E-state index contributed by atoms with van der Waals surface area (Å²) in [7, 11) is 1.60. The molecule has 2 heterocycles. The van der Waals surface area contributed by atoms with Gasteiger partial charge in [-0.2, -0.15) is 0 Å². The molecule has 1 aliphatic heterocycles. The number of amides is 2. The van der Waals surface area contributed by atoms with E-state index in [0.29, 0.717) is 32.7 Å². The Balaban J connectivity index is 1.80. The number of likely N-dealkylation sites (tertiary alicyclic amines) is 1. The predicted molar refractivity (Wildman–Crippen MR) is 77.5 cm³/mol. The highest BCUT2D eigenvalue weighted by Crippen LogP contribution is 2.19. The summed E-state index contributed by atoms with van der Waals surface area (Å²) in [6.45, 7) is 4.15. The summed E-state index contributed by atoms with van der Waals surface area (Å²) in [6.07, 6.45) is 0.305. The van der Waals surface area contributed by atoms with Crippen LogP contribution >= 0.6 is 11.3 Å². The lowest BCUT2D eigenvalue weighted by Crippen LogP contribution is -2.33. The van der Waals surface area contributed by atoms with Crippen LogP contribution in [0.3, 0.4) is 0 Å². The Bertz CT molecular complexity index is 487. The molecule has 1 aromatic rings. The lowest BCUT2D eigenvalue weighted by atomic mass is 10.1. The smallest absolute Gasteiger partial charge is 0.225 e. The van der Waals surface area contributed by atoms with Gasteiger partial charge >= 0.3 is 0 Å². The molecule has 1 fully saturated rings. The van der Waals surface area contributed by atoms with Crippen molar-refractivity contribution in [2.24, 2.45) is 5.92 Å². The van der Waals surface area contributed by atoms with Crippen molar-refractivity contribution in [1.29, 1.82) is 0 Å². The second-order valence-electron chi connectivity index (χ2n) is 4.96. The van der Waals surface area contributed by atoms with Crippen molar-refractivity contribution < 1.29 is 14.3 Å². The molecule has 0 bridgehead atoms. The van der Waals surface area contributed by atoms with Crippen LogP contribution in [0.2, 0.25) is 0 Å². The average Bonchev–Trinajstić information content (AvgIpc) is 3.00. The topological polar surface area (TPSA) is 58.6 Å². The van der Waals surface area contributed by atoms with Gasteiger partial charge in [0.1, 0.15) is 0 Å². The van der Waals surface area contributed by atoms with Gasteiger partial charge in [-0.05, 0) is 19.1 Å². The Labute approximate surface area is 122 Å². The molecule has 1 atom stereocenters. The molecule has 2 rings (SSSR count). The Kier molecular flexibility index (Phi) is 5.14. The molecule has 1 N–H and O–H groups in total. The van der Waals surface area contributed by atoms with Crippen LogP contribution in [0, 0.1) is 12.8 Å². The minimum Gasteiger partial charge on any atom is -0.383 e. The molecule has 110 valence electrons. The number of methoxy groups -OCH3 is 1. The van der Waals surface area contributed by atoms with Crippen LogP contribution in [-0.2, 0) is 20.9 Å². The summed E-state index contributed by atoms with van der Waals surface area (Å²) in [4.78, 5) is 27.9. The van der Waals surface area contributed by atoms with Crippen molar-refractivity contribution in [2.75, 3.05) is 26.8 Å². The number of carbonyl (C=O) groups is 2. The number of aryl methyl sites for hydroxylation is 1. The van der Waals surface area contributed by atoms with Crippen molar-refractivity contribution in [3.8, 4) is 0 Å². The molecule has 0 radical (unpaired) electrons. The third-order valence-electron chi connectivity index (χ3n) is 3.38. The van der Waals surface area contributed by atoms with Gasteiger partial charge in [0.2, 0.25) is 11.8 Å². The fraction of sp³-hybridized carbons (Fsp3) is 0.571. The summed E-state index contributed by atoms with van der Waals surface area (Å²) in [5.41, 5.74) is 0. The van der Waals surface area contributed by atoms with Crippen LogP contribution in [0.4, 0.5) is 0 Å². The monoisotopic (exact) mass is 296 g/mol. The molecule has 0 spiro atoms. The standard InChI is InChI=1S/C14H20N2O3S/c1-10-3-4-12(20-10)8-15-14(18)11-7-13(17)16(9-11)5-6-19-2/h3-4,11H,5-9H2,1-2H3,(H,15,18)/t11-/m1/s1. The Morgan fingerprint density at radius 2 is 2.35 bits per heavy atom.